The van der Waals surface area contributed by atoms with E-state index >= 15 is 0 Å². The third-order valence-corrected chi connectivity index (χ3v) is 2.27. The van der Waals surface area contributed by atoms with Crippen LogP contribution >= 0.6 is 0 Å². The van der Waals surface area contributed by atoms with Crippen molar-refractivity contribution in [2.24, 2.45) is 0 Å². The van der Waals surface area contributed by atoms with Crippen LogP contribution < -0.4 is 0 Å². The van der Waals surface area contributed by atoms with Crippen molar-refractivity contribution in [3.63, 3.8) is 0 Å². The van der Waals surface area contributed by atoms with Crippen LogP contribution in [0, 0.1) is 11.6 Å². The summed E-state index contributed by atoms with van der Waals surface area (Å²) in [6.07, 6.45) is -0.917. The van der Waals surface area contributed by atoms with Crippen LogP contribution in [0.2, 0.25) is 0 Å². The Balaban J connectivity index is 2.55. The minimum Gasteiger partial charge on any atom is -0.391 e. The van der Waals surface area contributed by atoms with E-state index in [-0.39, 0.29) is 0 Å². The molecule has 2 N–H and O–H groups in total. The number of hydrogen-bond donors (Lipinski definition) is 2. The average molecular weight is 216 g/mol. The summed E-state index contributed by atoms with van der Waals surface area (Å²) in [5, 5.41) is 18.3. The van der Waals surface area contributed by atoms with E-state index < -0.39 is 23.8 Å². The minimum atomic E-state index is -0.890. The van der Waals surface area contributed by atoms with Crippen molar-refractivity contribution in [1.29, 1.82) is 0 Å². The molecule has 15 heavy (non-hydrogen) atoms. The summed E-state index contributed by atoms with van der Waals surface area (Å²) in [5.41, 5.74) is 0.605. The first-order valence-corrected chi connectivity index (χ1v) is 4.80. The van der Waals surface area contributed by atoms with Gasteiger partial charge in [0.25, 0.3) is 0 Å². The first-order valence-electron chi connectivity index (χ1n) is 4.80. The molecule has 2 atom stereocenters. The van der Waals surface area contributed by atoms with Gasteiger partial charge in [-0.3, -0.25) is 0 Å². The Labute approximate surface area is 87.2 Å². The molecule has 84 valence electrons. The van der Waals surface area contributed by atoms with E-state index in [9.17, 15) is 13.9 Å². The van der Waals surface area contributed by atoms with Crippen molar-refractivity contribution in [2.45, 2.75) is 32.0 Å². The fourth-order valence-electron chi connectivity index (χ4n) is 1.25. The van der Waals surface area contributed by atoms with E-state index in [0.29, 0.717) is 18.4 Å². The second-order valence-corrected chi connectivity index (χ2v) is 3.60. The molecule has 0 aliphatic carbocycles. The molecule has 1 rings (SSSR count). The van der Waals surface area contributed by atoms with Gasteiger partial charge >= 0.3 is 0 Å². The molecule has 1 aromatic carbocycles. The third kappa shape index (κ3) is 3.57. The number of benzene rings is 1. The lowest BCUT2D eigenvalue weighted by molar-refractivity contribution is 0.0265. The van der Waals surface area contributed by atoms with Crippen molar-refractivity contribution in [2.75, 3.05) is 0 Å². The van der Waals surface area contributed by atoms with Gasteiger partial charge in [0, 0.05) is 0 Å². The quantitative estimate of drug-likeness (QED) is 0.803. The number of aliphatic hydroxyl groups is 2. The number of rotatable bonds is 4. The molecule has 0 spiro atoms. The van der Waals surface area contributed by atoms with E-state index in [4.69, 9.17) is 5.11 Å². The van der Waals surface area contributed by atoms with Crippen LogP contribution in [0.15, 0.2) is 18.2 Å². The highest BCUT2D eigenvalue weighted by Gasteiger charge is 2.11. The van der Waals surface area contributed by atoms with Gasteiger partial charge < -0.3 is 10.2 Å². The lowest BCUT2D eigenvalue weighted by Gasteiger charge is -2.12. The van der Waals surface area contributed by atoms with E-state index in [1.165, 1.54) is 13.0 Å². The number of halogens is 2. The highest BCUT2D eigenvalue weighted by molar-refractivity contribution is 5.17. The topological polar surface area (TPSA) is 40.5 Å². The van der Waals surface area contributed by atoms with Crippen LogP contribution in [-0.2, 0) is 6.42 Å². The predicted molar refractivity (Wildman–Crippen MR) is 52.4 cm³/mol. The first kappa shape index (κ1) is 12.1. The van der Waals surface area contributed by atoms with E-state index in [1.54, 1.807) is 0 Å². The van der Waals surface area contributed by atoms with Crippen LogP contribution in [0.25, 0.3) is 0 Å². The molecule has 2 nitrogen and oxygen atoms in total. The smallest absolute Gasteiger partial charge is 0.159 e. The Morgan fingerprint density at radius 2 is 1.87 bits per heavy atom. The first-order chi connectivity index (χ1) is 7.00. The van der Waals surface area contributed by atoms with Crippen molar-refractivity contribution in [3.05, 3.63) is 35.4 Å². The molecule has 0 aliphatic heterocycles. The molecule has 4 heteroatoms. The standard InChI is InChI=1S/C11H14F2O2/c1-7(14)11(15)5-3-8-2-4-9(12)10(13)6-8/h2,4,6-7,11,14-15H,3,5H2,1H3. The largest absolute Gasteiger partial charge is 0.391 e. The lowest BCUT2D eigenvalue weighted by Crippen LogP contribution is -2.22. The SMILES string of the molecule is CC(O)C(O)CCc1ccc(F)c(F)c1. The number of aryl methyl sites for hydroxylation is 1. The minimum absolute atomic E-state index is 0.322. The number of aliphatic hydroxyl groups excluding tert-OH is 2. The summed E-state index contributed by atoms with van der Waals surface area (Å²) in [4.78, 5) is 0. The van der Waals surface area contributed by atoms with E-state index in [1.807, 2.05) is 0 Å². The molecule has 0 saturated carbocycles. The van der Waals surface area contributed by atoms with Crippen LogP contribution in [0.5, 0.6) is 0 Å². The fraction of sp³-hybridized carbons (Fsp3) is 0.455. The van der Waals surface area contributed by atoms with Gasteiger partial charge in [0.15, 0.2) is 11.6 Å². The third-order valence-electron chi connectivity index (χ3n) is 2.27. The highest BCUT2D eigenvalue weighted by Crippen LogP contribution is 2.12. The lowest BCUT2D eigenvalue weighted by atomic mass is 10.0. The van der Waals surface area contributed by atoms with Crippen molar-refractivity contribution < 1.29 is 19.0 Å². The summed E-state index contributed by atoms with van der Waals surface area (Å²) in [5.74, 6) is -1.77. The molecule has 0 amide bonds. The summed E-state index contributed by atoms with van der Waals surface area (Å²) < 4.78 is 25.3. The molecular formula is C11H14F2O2. The Bertz CT molecular complexity index is 326. The zero-order valence-electron chi connectivity index (χ0n) is 8.45. The Hall–Kier alpha value is -1.00. The van der Waals surface area contributed by atoms with Crippen LogP contribution in [0.4, 0.5) is 8.78 Å². The molecule has 0 heterocycles. The van der Waals surface area contributed by atoms with Crippen molar-refractivity contribution in [3.8, 4) is 0 Å². The maximum Gasteiger partial charge on any atom is 0.159 e. The normalized spacial score (nSPS) is 15.0. The zero-order chi connectivity index (χ0) is 11.4. The monoisotopic (exact) mass is 216 g/mol. The second kappa shape index (κ2) is 5.19. The molecule has 2 unspecified atom stereocenters. The Kier molecular flexibility index (Phi) is 4.17. The van der Waals surface area contributed by atoms with Crippen LogP contribution in [-0.4, -0.2) is 22.4 Å². The molecule has 1 aromatic rings. The van der Waals surface area contributed by atoms with Crippen molar-refractivity contribution >= 4 is 0 Å². The van der Waals surface area contributed by atoms with Gasteiger partial charge in [-0.1, -0.05) is 6.07 Å². The summed E-state index contributed by atoms with van der Waals surface area (Å²) >= 11 is 0. The maximum atomic E-state index is 12.8. The molecule has 0 aliphatic rings. The molecule has 0 bridgehead atoms. The average Bonchev–Trinajstić information content (AvgIpc) is 2.19. The molecule has 0 radical (unpaired) electrons. The Morgan fingerprint density at radius 3 is 2.40 bits per heavy atom. The van der Waals surface area contributed by atoms with Gasteiger partial charge in [0.05, 0.1) is 12.2 Å². The van der Waals surface area contributed by atoms with Gasteiger partial charge in [-0.2, -0.15) is 0 Å². The summed E-state index contributed by atoms with van der Waals surface area (Å²) in [7, 11) is 0. The van der Waals surface area contributed by atoms with Crippen LogP contribution in [0.3, 0.4) is 0 Å². The summed E-state index contributed by atoms with van der Waals surface area (Å²) in [6.45, 7) is 1.48. The van der Waals surface area contributed by atoms with Crippen molar-refractivity contribution in [1.82, 2.24) is 0 Å². The second-order valence-electron chi connectivity index (χ2n) is 3.60. The van der Waals surface area contributed by atoms with Gasteiger partial charge in [0.2, 0.25) is 0 Å². The molecule has 0 fully saturated rings. The van der Waals surface area contributed by atoms with Gasteiger partial charge in [-0.05, 0) is 37.5 Å². The molecule has 0 saturated heterocycles. The Morgan fingerprint density at radius 1 is 1.20 bits per heavy atom. The van der Waals surface area contributed by atoms with Gasteiger partial charge in [0.1, 0.15) is 0 Å². The summed E-state index contributed by atoms with van der Waals surface area (Å²) in [6, 6.07) is 3.62. The van der Waals surface area contributed by atoms with E-state index in [0.717, 1.165) is 12.1 Å². The molecule has 0 aromatic heterocycles. The molecular weight excluding hydrogens is 202 g/mol. The zero-order valence-corrected chi connectivity index (χ0v) is 8.45. The van der Waals surface area contributed by atoms with Crippen LogP contribution in [0.1, 0.15) is 18.9 Å². The van der Waals surface area contributed by atoms with E-state index in [2.05, 4.69) is 0 Å². The fourth-order valence-corrected chi connectivity index (χ4v) is 1.25. The van der Waals surface area contributed by atoms with Gasteiger partial charge in [-0.25, -0.2) is 8.78 Å². The predicted octanol–water partition coefficient (Wildman–Crippen LogP) is 1.64. The maximum absolute atomic E-state index is 12.8. The highest BCUT2D eigenvalue weighted by atomic mass is 19.2. The van der Waals surface area contributed by atoms with Gasteiger partial charge in [-0.15, -0.1) is 0 Å². The number of hydrogen-bond acceptors (Lipinski definition) is 2.